The van der Waals surface area contributed by atoms with Crippen molar-refractivity contribution in [2.45, 2.75) is 6.42 Å². The first kappa shape index (κ1) is 7.07. The van der Waals surface area contributed by atoms with Gasteiger partial charge in [-0.15, -0.1) is 0 Å². The molecule has 0 aromatic heterocycles. The summed E-state index contributed by atoms with van der Waals surface area (Å²) in [5.41, 5.74) is 0. The van der Waals surface area contributed by atoms with Gasteiger partial charge >= 0.3 is 0 Å². The summed E-state index contributed by atoms with van der Waals surface area (Å²) in [5, 5.41) is 0. The minimum atomic E-state index is -0.00407. The second-order valence-corrected chi connectivity index (χ2v) is 1.81. The second kappa shape index (κ2) is 4.23. The predicted octanol–water partition coefficient (Wildman–Crippen LogP) is 0.580. The van der Waals surface area contributed by atoms with Crippen LogP contribution in [0.3, 0.4) is 0 Å². The summed E-state index contributed by atoms with van der Waals surface area (Å²) in [5.74, 6) is -0.00407. The lowest BCUT2D eigenvalue weighted by molar-refractivity contribution is -0.120. The van der Waals surface area contributed by atoms with Crippen LogP contribution in [0.5, 0.6) is 0 Å². The number of hydrogen-bond acceptors (Lipinski definition) is 2. The first-order chi connectivity index (χ1) is 3.31. The minimum Gasteiger partial charge on any atom is -0.303 e. The SMILES string of the molecule is O=CCC(=O)CI. The fourth-order valence-corrected chi connectivity index (χ4v) is 0.459. The summed E-state index contributed by atoms with van der Waals surface area (Å²) < 4.78 is 0.441. The fraction of sp³-hybridized carbons (Fsp3) is 0.500. The largest absolute Gasteiger partial charge is 0.303 e. The summed E-state index contributed by atoms with van der Waals surface area (Å²) in [6.07, 6.45) is 0.698. The molecule has 0 N–H and O–H groups in total. The van der Waals surface area contributed by atoms with Crippen LogP contribution in [0.2, 0.25) is 0 Å². The van der Waals surface area contributed by atoms with Crippen molar-refractivity contribution >= 4 is 34.7 Å². The highest BCUT2D eigenvalue weighted by atomic mass is 127. The van der Waals surface area contributed by atoms with Gasteiger partial charge in [-0.25, -0.2) is 0 Å². The van der Waals surface area contributed by atoms with Gasteiger partial charge in [-0.2, -0.15) is 0 Å². The van der Waals surface area contributed by atoms with E-state index in [0.717, 1.165) is 0 Å². The highest BCUT2D eigenvalue weighted by molar-refractivity contribution is 14.1. The second-order valence-electron chi connectivity index (χ2n) is 1.04. The normalized spacial score (nSPS) is 8.14. The van der Waals surface area contributed by atoms with E-state index in [0.29, 0.717) is 10.7 Å². The molecule has 0 atom stereocenters. The zero-order valence-electron chi connectivity index (χ0n) is 3.69. The maximum absolute atomic E-state index is 10.2. The van der Waals surface area contributed by atoms with Gasteiger partial charge in [0.15, 0.2) is 0 Å². The van der Waals surface area contributed by atoms with Crippen LogP contribution in [0.4, 0.5) is 0 Å². The van der Waals surface area contributed by atoms with Crippen LogP contribution in [0, 0.1) is 0 Å². The van der Waals surface area contributed by atoms with Gasteiger partial charge in [-0.05, 0) is 0 Å². The number of rotatable bonds is 3. The van der Waals surface area contributed by atoms with Crippen molar-refractivity contribution in [1.29, 1.82) is 0 Å². The third kappa shape index (κ3) is 3.91. The molecular formula is C4H5IO2. The third-order valence-electron chi connectivity index (χ3n) is 0.460. The van der Waals surface area contributed by atoms with Gasteiger partial charge < -0.3 is 4.79 Å². The zero-order valence-corrected chi connectivity index (χ0v) is 5.84. The quantitative estimate of drug-likeness (QED) is 0.296. The Labute approximate surface area is 55.4 Å². The summed E-state index contributed by atoms with van der Waals surface area (Å²) in [4.78, 5) is 19.7. The topological polar surface area (TPSA) is 34.1 Å². The van der Waals surface area contributed by atoms with Crippen molar-refractivity contribution in [2.24, 2.45) is 0 Å². The van der Waals surface area contributed by atoms with Crippen LogP contribution < -0.4 is 0 Å². The maximum atomic E-state index is 10.2. The third-order valence-corrected chi connectivity index (χ3v) is 1.31. The van der Waals surface area contributed by atoms with Gasteiger partial charge in [-0.3, -0.25) is 4.79 Å². The van der Waals surface area contributed by atoms with E-state index < -0.39 is 0 Å². The molecule has 0 bridgehead atoms. The van der Waals surface area contributed by atoms with Crippen LogP contribution in [-0.2, 0) is 9.59 Å². The Morgan fingerprint density at radius 2 is 2.29 bits per heavy atom. The van der Waals surface area contributed by atoms with Gasteiger partial charge in [0.25, 0.3) is 0 Å². The number of aldehydes is 1. The number of Topliss-reactive ketones (excluding diaryl/α,β-unsaturated/α-hetero) is 1. The van der Waals surface area contributed by atoms with E-state index in [1.54, 1.807) is 0 Å². The standard InChI is InChI=1S/C4H5IO2/c5-3-4(7)1-2-6/h2H,1,3H2. The molecule has 40 valence electrons. The minimum absolute atomic E-state index is 0.00407. The van der Waals surface area contributed by atoms with E-state index in [-0.39, 0.29) is 12.2 Å². The van der Waals surface area contributed by atoms with E-state index in [1.165, 1.54) is 0 Å². The number of carbonyl (C=O) groups is 2. The predicted molar refractivity (Wildman–Crippen MR) is 34.6 cm³/mol. The molecular weight excluding hydrogens is 207 g/mol. The summed E-state index contributed by atoms with van der Waals surface area (Å²) in [7, 11) is 0. The number of alkyl halides is 1. The van der Waals surface area contributed by atoms with Gasteiger partial charge in [0.1, 0.15) is 12.1 Å². The highest BCUT2D eigenvalue weighted by Gasteiger charge is 1.93. The van der Waals surface area contributed by atoms with E-state index in [1.807, 2.05) is 22.6 Å². The van der Waals surface area contributed by atoms with Crippen LogP contribution in [0.15, 0.2) is 0 Å². The van der Waals surface area contributed by atoms with E-state index >= 15 is 0 Å². The zero-order chi connectivity index (χ0) is 5.70. The molecule has 0 radical (unpaired) electrons. The van der Waals surface area contributed by atoms with Crippen molar-refractivity contribution in [3.8, 4) is 0 Å². The molecule has 0 aliphatic heterocycles. The van der Waals surface area contributed by atoms with Crippen LogP contribution in [0.1, 0.15) is 6.42 Å². The Morgan fingerprint density at radius 1 is 1.71 bits per heavy atom. The van der Waals surface area contributed by atoms with Gasteiger partial charge in [0.05, 0.1) is 10.8 Å². The van der Waals surface area contributed by atoms with Crippen LogP contribution in [-0.4, -0.2) is 16.5 Å². The molecule has 3 heteroatoms. The Balaban J connectivity index is 3.17. The molecule has 0 rings (SSSR count). The van der Waals surface area contributed by atoms with Crippen molar-refractivity contribution in [1.82, 2.24) is 0 Å². The molecule has 2 nitrogen and oxygen atoms in total. The molecule has 0 saturated heterocycles. The first-order valence-corrected chi connectivity index (χ1v) is 3.35. The molecule has 0 aliphatic rings. The number of ketones is 1. The Hall–Kier alpha value is 0.0700. The summed E-state index contributed by atoms with van der Waals surface area (Å²) >= 11 is 1.93. The molecule has 0 aliphatic carbocycles. The summed E-state index contributed by atoms with van der Waals surface area (Å²) in [6, 6.07) is 0. The number of carbonyl (C=O) groups excluding carboxylic acids is 2. The van der Waals surface area contributed by atoms with E-state index in [2.05, 4.69) is 0 Å². The van der Waals surface area contributed by atoms with Crippen molar-refractivity contribution in [3.63, 3.8) is 0 Å². The monoisotopic (exact) mass is 212 g/mol. The maximum Gasteiger partial charge on any atom is 0.149 e. The molecule has 0 heterocycles. The van der Waals surface area contributed by atoms with E-state index in [4.69, 9.17) is 0 Å². The fourth-order valence-electron chi connectivity index (χ4n) is 0.148. The van der Waals surface area contributed by atoms with Gasteiger partial charge in [-0.1, -0.05) is 22.6 Å². The van der Waals surface area contributed by atoms with Crippen LogP contribution >= 0.6 is 22.6 Å². The first-order valence-electron chi connectivity index (χ1n) is 1.82. The lowest BCUT2D eigenvalue weighted by Crippen LogP contribution is -1.97. The average Bonchev–Trinajstić information content (AvgIpc) is 1.68. The molecule has 0 amide bonds. The van der Waals surface area contributed by atoms with Crippen molar-refractivity contribution < 1.29 is 9.59 Å². The van der Waals surface area contributed by atoms with Gasteiger partial charge in [0, 0.05) is 0 Å². The lowest BCUT2D eigenvalue weighted by Gasteiger charge is -1.79. The van der Waals surface area contributed by atoms with E-state index in [9.17, 15) is 9.59 Å². The van der Waals surface area contributed by atoms with Gasteiger partial charge in [0.2, 0.25) is 0 Å². The number of halogens is 1. The van der Waals surface area contributed by atoms with Crippen molar-refractivity contribution in [2.75, 3.05) is 4.43 Å². The molecule has 0 aromatic carbocycles. The average molecular weight is 212 g/mol. The highest BCUT2D eigenvalue weighted by Crippen LogP contribution is 1.84. The summed E-state index contributed by atoms with van der Waals surface area (Å²) in [6.45, 7) is 0. The van der Waals surface area contributed by atoms with Crippen LogP contribution in [0.25, 0.3) is 0 Å². The molecule has 0 fully saturated rings. The molecule has 7 heavy (non-hydrogen) atoms. The molecule has 0 saturated carbocycles. The Kier molecular flexibility index (Phi) is 4.28. The Morgan fingerprint density at radius 3 is 2.43 bits per heavy atom. The Bertz CT molecular complexity index is 79.8. The smallest absolute Gasteiger partial charge is 0.149 e. The number of hydrogen-bond donors (Lipinski definition) is 0. The lowest BCUT2D eigenvalue weighted by atomic mass is 10.3. The molecule has 0 unspecified atom stereocenters. The molecule has 0 aromatic rings. The van der Waals surface area contributed by atoms with Crippen molar-refractivity contribution in [3.05, 3.63) is 0 Å². The molecule has 0 spiro atoms.